The van der Waals surface area contributed by atoms with Crippen LogP contribution in [-0.2, 0) is 19.4 Å². The Balaban J connectivity index is 2.30. The fraction of sp³-hybridized carbons (Fsp3) is 0.167. The van der Waals surface area contributed by atoms with E-state index in [1.54, 1.807) is 23.1 Å². The van der Waals surface area contributed by atoms with E-state index < -0.39 is 15.8 Å². The Morgan fingerprint density at radius 3 is 2.29 bits per heavy atom. The van der Waals surface area contributed by atoms with Gasteiger partial charge in [-0.15, -0.1) is 0 Å². The van der Waals surface area contributed by atoms with Crippen LogP contribution in [0.1, 0.15) is 11.1 Å². The number of para-hydroxylation sites is 1. The Kier molecular flexibility index (Phi) is 3.93. The Labute approximate surface area is 141 Å². The molecule has 0 amide bonds. The van der Waals surface area contributed by atoms with Crippen molar-refractivity contribution >= 4 is 27.2 Å². The minimum atomic E-state index is -3.91. The number of rotatable bonds is 2. The van der Waals surface area contributed by atoms with Crippen LogP contribution in [0.4, 0.5) is 11.4 Å². The maximum Gasteiger partial charge on any atom is 0.351 e. The maximum absolute atomic E-state index is 12.7. The molecule has 3 rings (SSSR count). The van der Waals surface area contributed by atoms with E-state index in [1.807, 2.05) is 32.0 Å². The second-order valence-corrected chi connectivity index (χ2v) is 7.56. The molecule has 0 atom stereocenters. The summed E-state index contributed by atoms with van der Waals surface area (Å²) in [5, 5.41) is 0. The predicted molar refractivity (Wildman–Crippen MR) is 91.8 cm³/mol. The third kappa shape index (κ3) is 2.59. The highest BCUT2D eigenvalue weighted by molar-refractivity contribution is 7.96. The molecule has 0 aromatic heterocycles. The van der Waals surface area contributed by atoms with Gasteiger partial charge in [0.25, 0.3) is 0 Å². The highest BCUT2D eigenvalue weighted by Gasteiger charge is 2.36. The van der Waals surface area contributed by atoms with Crippen LogP contribution >= 0.6 is 0 Å². The van der Waals surface area contributed by atoms with Gasteiger partial charge < -0.3 is 9.64 Å². The van der Waals surface area contributed by atoms with E-state index in [0.29, 0.717) is 5.69 Å². The summed E-state index contributed by atoms with van der Waals surface area (Å²) in [6.45, 7) is 3.93. The standard InChI is InChI=1S/C18H17NO4S/c1-12-8-13(2)10-14(9-12)19-11-17(18(20)23-3)24(21,22)16-7-5-4-6-15(16)19/h4-11H,1-3H3. The maximum atomic E-state index is 12.7. The van der Waals surface area contributed by atoms with Crippen LogP contribution in [0.5, 0.6) is 0 Å². The molecule has 0 bridgehead atoms. The smallest absolute Gasteiger partial charge is 0.351 e. The van der Waals surface area contributed by atoms with E-state index in [1.165, 1.54) is 19.4 Å². The molecule has 0 unspecified atom stereocenters. The van der Waals surface area contributed by atoms with Crippen molar-refractivity contribution in [1.82, 2.24) is 0 Å². The van der Waals surface area contributed by atoms with E-state index in [4.69, 9.17) is 0 Å². The first kappa shape index (κ1) is 16.3. The number of aryl methyl sites for hydroxylation is 2. The average molecular weight is 343 g/mol. The van der Waals surface area contributed by atoms with E-state index in [-0.39, 0.29) is 9.80 Å². The van der Waals surface area contributed by atoms with Gasteiger partial charge in [-0.25, -0.2) is 13.2 Å². The normalized spacial score (nSPS) is 15.5. The lowest BCUT2D eigenvalue weighted by Gasteiger charge is -2.28. The molecule has 6 heteroatoms. The van der Waals surface area contributed by atoms with Crippen molar-refractivity contribution in [2.45, 2.75) is 18.7 Å². The second kappa shape index (κ2) is 5.79. The largest absolute Gasteiger partial charge is 0.465 e. The quantitative estimate of drug-likeness (QED) is 0.783. The van der Waals surface area contributed by atoms with Crippen molar-refractivity contribution in [2.75, 3.05) is 12.0 Å². The van der Waals surface area contributed by atoms with Crippen molar-refractivity contribution in [3.63, 3.8) is 0 Å². The first-order valence-electron chi connectivity index (χ1n) is 7.36. The van der Waals surface area contributed by atoms with Gasteiger partial charge in [0.15, 0.2) is 4.91 Å². The summed E-state index contributed by atoms with van der Waals surface area (Å²) in [4.78, 5) is 13.4. The van der Waals surface area contributed by atoms with Gasteiger partial charge in [-0.2, -0.15) is 0 Å². The topological polar surface area (TPSA) is 63.7 Å². The highest BCUT2D eigenvalue weighted by atomic mass is 32.2. The van der Waals surface area contributed by atoms with E-state index >= 15 is 0 Å². The van der Waals surface area contributed by atoms with Crippen LogP contribution in [0.3, 0.4) is 0 Å². The number of nitrogens with zero attached hydrogens (tertiary/aromatic N) is 1. The van der Waals surface area contributed by atoms with Gasteiger partial charge in [0.05, 0.1) is 17.7 Å². The molecule has 0 saturated heterocycles. The van der Waals surface area contributed by atoms with Crippen LogP contribution in [0.15, 0.2) is 58.5 Å². The fourth-order valence-corrected chi connectivity index (χ4v) is 4.31. The molecule has 5 nitrogen and oxygen atoms in total. The predicted octanol–water partition coefficient (Wildman–Crippen LogP) is 3.24. The molecule has 0 fully saturated rings. The molecule has 2 aromatic carbocycles. The lowest BCUT2D eigenvalue weighted by atomic mass is 10.1. The Morgan fingerprint density at radius 1 is 1.04 bits per heavy atom. The zero-order valence-corrected chi connectivity index (χ0v) is 14.4. The summed E-state index contributed by atoms with van der Waals surface area (Å²) in [5.74, 6) is -0.876. The van der Waals surface area contributed by atoms with Gasteiger partial charge in [-0.05, 0) is 49.2 Å². The first-order chi connectivity index (χ1) is 11.3. The molecule has 1 heterocycles. The number of ether oxygens (including phenoxy) is 1. The summed E-state index contributed by atoms with van der Waals surface area (Å²) >= 11 is 0. The summed E-state index contributed by atoms with van der Waals surface area (Å²) in [7, 11) is -2.74. The lowest BCUT2D eigenvalue weighted by molar-refractivity contribution is -0.135. The Hall–Kier alpha value is -2.60. The number of benzene rings is 2. The van der Waals surface area contributed by atoms with Crippen molar-refractivity contribution in [3.8, 4) is 0 Å². The molecule has 24 heavy (non-hydrogen) atoms. The monoisotopic (exact) mass is 343 g/mol. The number of sulfone groups is 1. The van der Waals surface area contributed by atoms with Crippen molar-refractivity contribution in [2.24, 2.45) is 0 Å². The van der Waals surface area contributed by atoms with Crippen LogP contribution < -0.4 is 4.90 Å². The number of anilines is 2. The number of fused-ring (bicyclic) bond motifs is 1. The van der Waals surface area contributed by atoms with Gasteiger partial charge >= 0.3 is 5.97 Å². The lowest BCUT2D eigenvalue weighted by Crippen LogP contribution is -2.26. The fourth-order valence-electron chi connectivity index (χ4n) is 2.82. The minimum Gasteiger partial charge on any atom is -0.465 e. The van der Waals surface area contributed by atoms with Gasteiger partial charge in [0.2, 0.25) is 9.84 Å². The number of methoxy groups -OCH3 is 1. The Bertz CT molecular complexity index is 940. The number of carbonyl (C=O) groups excluding carboxylic acids is 1. The first-order valence-corrected chi connectivity index (χ1v) is 8.84. The van der Waals surface area contributed by atoms with Gasteiger partial charge in [-0.3, -0.25) is 0 Å². The SMILES string of the molecule is COC(=O)C1=CN(c2cc(C)cc(C)c2)c2ccccc2S1(=O)=O. The molecule has 0 radical (unpaired) electrons. The van der Waals surface area contributed by atoms with Crippen molar-refractivity contribution < 1.29 is 17.9 Å². The molecular formula is C18H17NO4S. The van der Waals surface area contributed by atoms with Gasteiger partial charge in [-0.1, -0.05) is 18.2 Å². The second-order valence-electron chi connectivity index (χ2n) is 5.67. The summed E-state index contributed by atoms with van der Waals surface area (Å²) in [5.41, 5.74) is 3.39. The number of carbonyl (C=O) groups is 1. The third-order valence-electron chi connectivity index (χ3n) is 3.82. The minimum absolute atomic E-state index is 0.0899. The van der Waals surface area contributed by atoms with Crippen molar-refractivity contribution in [3.05, 3.63) is 64.7 Å². The average Bonchev–Trinajstić information content (AvgIpc) is 2.53. The summed E-state index contributed by atoms with van der Waals surface area (Å²) in [6, 6.07) is 12.5. The Morgan fingerprint density at radius 2 is 1.67 bits per heavy atom. The molecule has 0 N–H and O–H groups in total. The number of esters is 1. The molecule has 1 aliphatic heterocycles. The van der Waals surface area contributed by atoms with Crippen molar-refractivity contribution in [1.29, 1.82) is 0 Å². The molecule has 1 aliphatic rings. The third-order valence-corrected chi connectivity index (χ3v) is 5.60. The van der Waals surface area contributed by atoms with E-state index in [9.17, 15) is 13.2 Å². The van der Waals surface area contributed by atoms with Gasteiger partial charge in [0.1, 0.15) is 0 Å². The molecule has 0 spiro atoms. The van der Waals surface area contributed by atoms with Crippen LogP contribution in [0.2, 0.25) is 0 Å². The molecule has 124 valence electrons. The van der Waals surface area contributed by atoms with E-state index in [0.717, 1.165) is 16.8 Å². The number of hydrogen-bond donors (Lipinski definition) is 0. The molecular weight excluding hydrogens is 326 g/mol. The van der Waals surface area contributed by atoms with Crippen LogP contribution in [0, 0.1) is 13.8 Å². The molecule has 0 saturated carbocycles. The summed E-state index contributed by atoms with van der Waals surface area (Å²) < 4.78 is 30.1. The summed E-state index contributed by atoms with van der Waals surface area (Å²) in [6.07, 6.45) is 1.33. The number of hydrogen-bond acceptors (Lipinski definition) is 5. The van der Waals surface area contributed by atoms with E-state index in [2.05, 4.69) is 4.74 Å². The molecule has 0 aliphatic carbocycles. The van der Waals surface area contributed by atoms with Crippen LogP contribution in [-0.4, -0.2) is 21.5 Å². The van der Waals surface area contributed by atoms with Crippen LogP contribution in [0.25, 0.3) is 0 Å². The zero-order chi connectivity index (χ0) is 17.5. The zero-order valence-electron chi connectivity index (χ0n) is 13.6. The molecule has 2 aromatic rings. The van der Waals surface area contributed by atoms with Gasteiger partial charge in [0, 0.05) is 11.9 Å². The highest BCUT2D eigenvalue weighted by Crippen LogP contribution is 2.40.